The third kappa shape index (κ3) is 3.83. The van der Waals surface area contributed by atoms with Crippen LogP contribution in [0, 0.1) is 0 Å². The maximum atomic E-state index is 12.2. The lowest BCUT2D eigenvalue weighted by atomic mass is 10.1. The van der Waals surface area contributed by atoms with Crippen molar-refractivity contribution in [1.29, 1.82) is 0 Å². The molecule has 104 valence electrons. The van der Waals surface area contributed by atoms with Crippen molar-refractivity contribution in [1.82, 2.24) is 0 Å². The van der Waals surface area contributed by atoms with Crippen LogP contribution in [0.4, 0.5) is 0 Å². The van der Waals surface area contributed by atoms with Crippen molar-refractivity contribution in [2.24, 2.45) is 0 Å². The van der Waals surface area contributed by atoms with Gasteiger partial charge in [0.1, 0.15) is 6.10 Å². The summed E-state index contributed by atoms with van der Waals surface area (Å²) in [5, 5.41) is 1.17. The third-order valence-electron chi connectivity index (χ3n) is 2.93. The molecule has 0 radical (unpaired) electrons. The van der Waals surface area contributed by atoms with E-state index < -0.39 is 6.10 Å². The Hall–Kier alpha value is -1.35. The molecule has 1 atom stereocenters. The molecule has 0 saturated carbocycles. The van der Waals surface area contributed by atoms with Gasteiger partial charge in [-0.3, -0.25) is 4.79 Å². The monoisotopic (exact) mass is 308 g/mol. The fourth-order valence-corrected chi connectivity index (χ4v) is 2.16. The molecule has 2 nitrogen and oxygen atoms in total. The van der Waals surface area contributed by atoms with Crippen molar-refractivity contribution in [2.75, 3.05) is 0 Å². The number of benzene rings is 2. The van der Waals surface area contributed by atoms with Gasteiger partial charge in [0, 0.05) is 15.6 Å². The molecule has 0 aromatic heterocycles. The number of Topliss-reactive ketones (excluding diaryl/α,β-unsaturated/α-hetero) is 1. The van der Waals surface area contributed by atoms with Crippen LogP contribution in [0.15, 0.2) is 48.5 Å². The Labute approximate surface area is 128 Å². The molecule has 0 N–H and O–H groups in total. The van der Waals surface area contributed by atoms with E-state index in [1.165, 1.54) is 0 Å². The van der Waals surface area contributed by atoms with Gasteiger partial charge in [-0.05, 0) is 30.7 Å². The highest BCUT2D eigenvalue weighted by molar-refractivity contribution is 6.31. The summed E-state index contributed by atoms with van der Waals surface area (Å²) in [6.07, 6.45) is -0.551. The first kappa shape index (κ1) is 15.0. The van der Waals surface area contributed by atoms with Gasteiger partial charge in [0.05, 0.1) is 6.61 Å². The van der Waals surface area contributed by atoms with Crippen LogP contribution in [0.25, 0.3) is 0 Å². The van der Waals surface area contributed by atoms with Crippen LogP contribution in [-0.2, 0) is 11.3 Å². The van der Waals surface area contributed by atoms with Gasteiger partial charge in [0.2, 0.25) is 0 Å². The highest BCUT2D eigenvalue weighted by Crippen LogP contribution is 2.18. The average molecular weight is 309 g/mol. The molecule has 1 unspecified atom stereocenters. The maximum absolute atomic E-state index is 12.2. The van der Waals surface area contributed by atoms with E-state index in [4.69, 9.17) is 27.9 Å². The van der Waals surface area contributed by atoms with Crippen LogP contribution >= 0.6 is 23.2 Å². The number of hydrogen-bond acceptors (Lipinski definition) is 2. The van der Waals surface area contributed by atoms with Gasteiger partial charge in [-0.2, -0.15) is 0 Å². The van der Waals surface area contributed by atoms with Crippen LogP contribution in [-0.4, -0.2) is 11.9 Å². The Morgan fingerprint density at radius 3 is 2.60 bits per heavy atom. The van der Waals surface area contributed by atoms with Crippen LogP contribution < -0.4 is 0 Å². The molecule has 0 saturated heterocycles. The average Bonchev–Trinajstić information content (AvgIpc) is 2.45. The molecule has 2 aromatic rings. The zero-order valence-electron chi connectivity index (χ0n) is 11.0. The number of hydrogen-bond donors (Lipinski definition) is 0. The fourth-order valence-electron chi connectivity index (χ4n) is 1.78. The van der Waals surface area contributed by atoms with Gasteiger partial charge >= 0.3 is 0 Å². The lowest BCUT2D eigenvalue weighted by Gasteiger charge is -2.13. The van der Waals surface area contributed by atoms with Crippen LogP contribution in [0.3, 0.4) is 0 Å². The zero-order valence-corrected chi connectivity index (χ0v) is 12.5. The first-order valence-corrected chi connectivity index (χ1v) is 6.98. The number of halogens is 2. The smallest absolute Gasteiger partial charge is 0.191 e. The quantitative estimate of drug-likeness (QED) is 0.743. The molecular weight excluding hydrogens is 295 g/mol. The molecule has 0 heterocycles. The fraction of sp³-hybridized carbons (Fsp3) is 0.188. The second-order valence-corrected chi connectivity index (χ2v) is 5.26. The van der Waals surface area contributed by atoms with Gasteiger partial charge in [0.25, 0.3) is 0 Å². The highest BCUT2D eigenvalue weighted by atomic mass is 35.5. The minimum atomic E-state index is -0.551. The van der Waals surface area contributed by atoms with Crippen molar-refractivity contribution in [2.45, 2.75) is 19.6 Å². The van der Waals surface area contributed by atoms with Crippen LogP contribution in [0.2, 0.25) is 10.0 Å². The predicted octanol–water partition coefficient (Wildman–Crippen LogP) is 4.78. The topological polar surface area (TPSA) is 26.3 Å². The SMILES string of the molecule is CC(OCc1ccccc1Cl)C(=O)c1cccc(Cl)c1. The Kier molecular flexibility index (Phi) is 5.18. The van der Waals surface area contributed by atoms with E-state index in [0.29, 0.717) is 22.2 Å². The maximum Gasteiger partial charge on any atom is 0.191 e. The van der Waals surface area contributed by atoms with Crippen molar-refractivity contribution in [3.63, 3.8) is 0 Å². The Morgan fingerprint density at radius 2 is 1.90 bits per heavy atom. The van der Waals surface area contributed by atoms with Gasteiger partial charge in [-0.15, -0.1) is 0 Å². The molecule has 0 aliphatic carbocycles. The number of carbonyl (C=O) groups excluding carboxylic acids is 1. The number of rotatable bonds is 5. The summed E-state index contributed by atoms with van der Waals surface area (Å²) in [4.78, 5) is 12.2. The van der Waals surface area contributed by atoms with Crippen molar-refractivity contribution in [3.05, 3.63) is 69.7 Å². The van der Waals surface area contributed by atoms with Gasteiger partial charge in [-0.25, -0.2) is 0 Å². The Bertz CT molecular complexity index is 611. The number of ether oxygens (including phenoxy) is 1. The van der Waals surface area contributed by atoms with E-state index in [2.05, 4.69) is 0 Å². The molecule has 0 fully saturated rings. The summed E-state index contributed by atoms with van der Waals surface area (Å²) in [7, 11) is 0. The van der Waals surface area contributed by atoms with Gasteiger partial charge in [-0.1, -0.05) is 53.5 Å². The standard InChI is InChI=1S/C16H14Cl2O2/c1-11(16(19)12-6-4-7-14(17)9-12)20-10-13-5-2-3-8-15(13)18/h2-9,11H,10H2,1H3. The van der Waals surface area contributed by atoms with Crippen molar-refractivity contribution in [3.8, 4) is 0 Å². The van der Waals surface area contributed by atoms with Crippen molar-refractivity contribution >= 4 is 29.0 Å². The first-order valence-electron chi connectivity index (χ1n) is 6.22. The van der Waals surface area contributed by atoms with E-state index in [1.807, 2.05) is 18.2 Å². The number of ketones is 1. The normalized spacial score (nSPS) is 12.2. The summed E-state index contributed by atoms with van der Waals surface area (Å²) in [6, 6.07) is 14.2. The Morgan fingerprint density at radius 1 is 1.15 bits per heavy atom. The molecule has 0 aliphatic rings. The van der Waals surface area contributed by atoms with E-state index in [9.17, 15) is 4.79 Å². The van der Waals surface area contributed by atoms with Crippen LogP contribution in [0.1, 0.15) is 22.8 Å². The van der Waals surface area contributed by atoms with Crippen molar-refractivity contribution < 1.29 is 9.53 Å². The number of carbonyl (C=O) groups is 1. The highest BCUT2D eigenvalue weighted by Gasteiger charge is 2.16. The molecule has 0 bridgehead atoms. The Balaban J connectivity index is 2.00. The molecule has 2 rings (SSSR count). The van der Waals surface area contributed by atoms with E-state index >= 15 is 0 Å². The second-order valence-electron chi connectivity index (χ2n) is 4.42. The molecule has 20 heavy (non-hydrogen) atoms. The summed E-state index contributed by atoms with van der Waals surface area (Å²) < 4.78 is 5.59. The molecule has 2 aromatic carbocycles. The second kappa shape index (κ2) is 6.89. The lowest BCUT2D eigenvalue weighted by Crippen LogP contribution is -2.20. The van der Waals surface area contributed by atoms with E-state index in [1.54, 1.807) is 37.3 Å². The summed E-state index contributed by atoms with van der Waals surface area (Å²) in [5.74, 6) is -0.0976. The van der Waals surface area contributed by atoms with Crippen LogP contribution in [0.5, 0.6) is 0 Å². The predicted molar refractivity (Wildman–Crippen MR) is 81.5 cm³/mol. The minimum absolute atomic E-state index is 0.0976. The van der Waals surface area contributed by atoms with Gasteiger partial charge < -0.3 is 4.74 Å². The summed E-state index contributed by atoms with van der Waals surface area (Å²) in [6.45, 7) is 2.02. The molecule has 0 amide bonds. The lowest BCUT2D eigenvalue weighted by molar-refractivity contribution is 0.0412. The molecule has 0 aliphatic heterocycles. The first-order chi connectivity index (χ1) is 9.58. The van der Waals surface area contributed by atoms with Gasteiger partial charge in [0.15, 0.2) is 5.78 Å². The van der Waals surface area contributed by atoms with E-state index in [-0.39, 0.29) is 5.78 Å². The zero-order chi connectivity index (χ0) is 14.5. The minimum Gasteiger partial charge on any atom is -0.366 e. The summed E-state index contributed by atoms with van der Waals surface area (Å²) >= 11 is 11.9. The largest absolute Gasteiger partial charge is 0.366 e. The van der Waals surface area contributed by atoms with E-state index in [0.717, 1.165) is 5.56 Å². The summed E-state index contributed by atoms with van der Waals surface area (Å²) in [5.41, 5.74) is 1.41. The molecule has 0 spiro atoms. The molecular formula is C16H14Cl2O2. The molecule has 4 heteroatoms. The third-order valence-corrected chi connectivity index (χ3v) is 3.53.